The van der Waals surface area contributed by atoms with Crippen LogP contribution in [0.2, 0.25) is 0 Å². The number of rotatable bonds is 5. The fraction of sp³-hybridized carbons (Fsp3) is 0.636. The van der Waals surface area contributed by atoms with E-state index in [-0.39, 0.29) is 6.54 Å². The Bertz CT molecular complexity index is 424. The maximum atomic E-state index is 11.9. The Morgan fingerprint density at radius 2 is 1.95 bits per heavy atom. The first-order valence-corrected chi connectivity index (χ1v) is 6.10. The van der Waals surface area contributed by atoms with Crippen LogP contribution in [-0.4, -0.2) is 58.1 Å². The zero-order chi connectivity index (χ0) is 15.3. The van der Waals surface area contributed by atoms with Gasteiger partial charge < -0.3 is 26.2 Å². The molecule has 0 saturated carbocycles. The number of primary amides is 1. The number of likely N-dealkylation sites (tertiary alicyclic amines) is 1. The normalized spacial score (nSPS) is 20.0. The number of hydrogen-bond acceptors (Lipinski definition) is 4. The van der Waals surface area contributed by atoms with E-state index in [4.69, 9.17) is 15.9 Å². The van der Waals surface area contributed by atoms with Crippen molar-refractivity contribution in [2.45, 2.75) is 25.3 Å². The van der Waals surface area contributed by atoms with E-state index in [1.807, 2.05) is 0 Å². The molecule has 2 unspecified atom stereocenters. The topological polar surface area (TPSA) is 150 Å². The second kappa shape index (κ2) is 6.73. The summed E-state index contributed by atoms with van der Waals surface area (Å²) in [4.78, 5) is 45.7. The minimum absolute atomic E-state index is 0.112. The van der Waals surface area contributed by atoms with Gasteiger partial charge in [0.15, 0.2) is 0 Å². The SMILES string of the molecule is NC(=O)N1CCCC(C(=O)NC(CC(=O)O)C(=O)O)C1. The summed E-state index contributed by atoms with van der Waals surface area (Å²) in [5.74, 6) is -3.89. The van der Waals surface area contributed by atoms with Crippen LogP contribution in [0, 0.1) is 5.92 Å². The number of carbonyl (C=O) groups excluding carboxylic acids is 2. The van der Waals surface area contributed by atoms with E-state index in [0.717, 1.165) is 0 Å². The Labute approximate surface area is 114 Å². The number of carbonyl (C=O) groups is 4. The molecule has 0 aromatic carbocycles. The quantitative estimate of drug-likeness (QED) is 0.500. The molecule has 9 heteroatoms. The van der Waals surface area contributed by atoms with Crippen molar-refractivity contribution in [3.63, 3.8) is 0 Å². The van der Waals surface area contributed by atoms with Gasteiger partial charge in [-0.05, 0) is 12.8 Å². The third-order valence-electron chi connectivity index (χ3n) is 3.10. The lowest BCUT2D eigenvalue weighted by atomic mass is 9.97. The third-order valence-corrected chi connectivity index (χ3v) is 3.10. The van der Waals surface area contributed by atoms with Gasteiger partial charge in [-0.15, -0.1) is 0 Å². The second-order valence-corrected chi connectivity index (χ2v) is 4.62. The summed E-state index contributed by atoms with van der Waals surface area (Å²) in [6, 6.07) is -2.12. The van der Waals surface area contributed by atoms with E-state index in [1.54, 1.807) is 0 Å². The maximum absolute atomic E-state index is 11.9. The van der Waals surface area contributed by atoms with Crippen LogP contribution in [0.4, 0.5) is 4.79 Å². The van der Waals surface area contributed by atoms with Crippen LogP contribution >= 0.6 is 0 Å². The summed E-state index contributed by atoms with van der Waals surface area (Å²) in [5, 5.41) is 19.6. The van der Waals surface area contributed by atoms with Crippen molar-refractivity contribution in [2.75, 3.05) is 13.1 Å². The summed E-state index contributed by atoms with van der Waals surface area (Å²) in [7, 11) is 0. The average Bonchev–Trinajstić information content (AvgIpc) is 2.37. The van der Waals surface area contributed by atoms with Gasteiger partial charge in [-0.3, -0.25) is 9.59 Å². The zero-order valence-electron chi connectivity index (χ0n) is 10.7. The van der Waals surface area contributed by atoms with Crippen LogP contribution in [0.3, 0.4) is 0 Å². The highest BCUT2D eigenvalue weighted by atomic mass is 16.4. The summed E-state index contributed by atoms with van der Waals surface area (Å²) < 4.78 is 0. The number of carboxylic acid groups (broad SMARTS) is 2. The number of nitrogens with zero attached hydrogens (tertiary/aromatic N) is 1. The van der Waals surface area contributed by atoms with Gasteiger partial charge in [0, 0.05) is 13.1 Å². The molecular weight excluding hydrogens is 270 g/mol. The van der Waals surface area contributed by atoms with E-state index in [0.29, 0.717) is 19.4 Å². The predicted molar refractivity (Wildman–Crippen MR) is 65.7 cm³/mol. The standard InChI is InChI=1S/C11H17N3O6/c12-11(20)14-3-1-2-6(5-14)9(17)13-7(10(18)19)4-8(15)16/h6-7H,1-5H2,(H2,12,20)(H,13,17)(H,15,16)(H,18,19). The van der Waals surface area contributed by atoms with Crippen LogP contribution in [0.25, 0.3) is 0 Å². The van der Waals surface area contributed by atoms with Gasteiger partial charge in [-0.2, -0.15) is 0 Å². The predicted octanol–water partition coefficient (Wildman–Crippen LogP) is -1.18. The highest BCUT2D eigenvalue weighted by molar-refractivity contribution is 5.88. The minimum Gasteiger partial charge on any atom is -0.481 e. The van der Waals surface area contributed by atoms with Crippen molar-refractivity contribution >= 4 is 23.9 Å². The number of aliphatic carboxylic acids is 2. The molecule has 0 radical (unpaired) electrons. The van der Waals surface area contributed by atoms with Crippen molar-refractivity contribution in [3.05, 3.63) is 0 Å². The van der Waals surface area contributed by atoms with E-state index in [9.17, 15) is 19.2 Å². The van der Waals surface area contributed by atoms with Crippen LogP contribution in [-0.2, 0) is 14.4 Å². The average molecular weight is 287 g/mol. The first-order chi connectivity index (χ1) is 9.31. The fourth-order valence-electron chi connectivity index (χ4n) is 2.06. The summed E-state index contributed by atoms with van der Waals surface area (Å²) >= 11 is 0. The van der Waals surface area contributed by atoms with E-state index in [1.165, 1.54) is 4.90 Å². The number of amides is 3. The summed E-state index contributed by atoms with van der Waals surface area (Å²) in [5.41, 5.74) is 5.13. The Hall–Kier alpha value is -2.32. The zero-order valence-corrected chi connectivity index (χ0v) is 10.7. The molecule has 112 valence electrons. The number of piperidine rings is 1. The molecule has 2 atom stereocenters. The molecule has 1 aliphatic heterocycles. The van der Waals surface area contributed by atoms with Gasteiger partial charge in [0.05, 0.1) is 12.3 Å². The third kappa shape index (κ3) is 4.41. The van der Waals surface area contributed by atoms with Crippen molar-refractivity contribution in [3.8, 4) is 0 Å². The van der Waals surface area contributed by atoms with Crippen LogP contribution < -0.4 is 11.1 Å². The minimum atomic E-state index is -1.48. The number of urea groups is 1. The highest BCUT2D eigenvalue weighted by Crippen LogP contribution is 2.16. The van der Waals surface area contributed by atoms with Crippen molar-refractivity contribution in [1.82, 2.24) is 10.2 Å². The number of nitrogens with one attached hydrogen (secondary N) is 1. The van der Waals surface area contributed by atoms with E-state index < -0.39 is 42.3 Å². The van der Waals surface area contributed by atoms with Gasteiger partial charge in [-0.25, -0.2) is 9.59 Å². The van der Waals surface area contributed by atoms with Crippen LogP contribution in [0.5, 0.6) is 0 Å². The summed E-state index contributed by atoms with van der Waals surface area (Å²) in [6.07, 6.45) is 0.375. The molecule has 0 spiro atoms. The van der Waals surface area contributed by atoms with Gasteiger partial charge in [0.25, 0.3) is 0 Å². The Morgan fingerprint density at radius 1 is 1.30 bits per heavy atom. The molecule has 1 fully saturated rings. The lowest BCUT2D eigenvalue weighted by molar-refractivity contribution is -0.147. The molecule has 20 heavy (non-hydrogen) atoms. The first kappa shape index (κ1) is 15.7. The Balaban J connectivity index is 2.61. The lowest BCUT2D eigenvalue weighted by Gasteiger charge is -2.31. The van der Waals surface area contributed by atoms with E-state index in [2.05, 4.69) is 5.32 Å². The van der Waals surface area contributed by atoms with Gasteiger partial charge in [0.2, 0.25) is 5.91 Å². The number of hydrogen-bond donors (Lipinski definition) is 4. The molecule has 5 N–H and O–H groups in total. The van der Waals surface area contributed by atoms with Crippen LogP contribution in [0.1, 0.15) is 19.3 Å². The maximum Gasteiger partial charge on any atom is 0.326 e. The van der Waals surface area contributed by atoms with Crippen LogP contribution in [0.15, 0.2) is 0 Å². The highest BCUT2D eigenvalue weighted by Gasteiger charge is 2.31. The second-order valence-electron chi connectivity index (χ2n) is 4.62. The van der Waals surface area contributed by atoms with Crippen molar-refractivity contribution < 1.29 is 29.4 Å². The van der Waals surface area contributed by atoms with Crippen molar-refractivity contribution in [1.29, 1.82) is 0 Å². The molecule has 0 aromatic rings. The fourth-order valence-corrected chi connectivity index (χ4v) is 2.06. The molecule has 1 saturated heterocycles. The first-order valence-electron chi connectivity index (χ1n) is 6.10. The molecule has 1 heterocycles. The van der Waals surface area contributed by atoms with Gasteiger partial charge >= 0.3 is 18.0 Å². The molecule has 9 nitrogen and oxygen atoms in total. The number of carboxylic acids is 2. The van der Waals surface area contributed by atoms with Gasteiger partial charge in [0.1, 0.15) is 6.04 Å². The largest absolute Gasteiger partial charge is 0.481 e. The van der Waals surface area contributed by atoms with Crippen molar-refractivity contribution in [2.24, 2.45) is 11.7 Å². The van der Waals surface area contributed by atoms with Gasteiger partial charge in [-0.1, -0.05) is 0 Å². The molecule has 0 bridgehead atoms. The Morgan fingerprint density at radius 3 is 2.45 bits per heavy atom. The van der Waals surface area contributed by atoms with E-state index >= 15 is 0 Å². The smallest absolute Gasteiger partial charge is 0.326 e. The molecule has 0 aliphatic carbocycles. The lowest BCUT2D eigenvalue weighted by Crippen LogP contribution is -2.50. The Kier molecular flexibility index (Phi) is 5.30. The molecule has 0 aromatic heterocycles. The molecular formula is C11H17N3O6. The summed E-state index contributed by atoms with van der Waals surface area (Å²) in [6.45, 7) is 0.567. The monoisotopic (exact) mass is 287 g/mol. The molecule has 1 aliphatic rings. The number of nitrogens with two attached hydrogens (primary N) is 1. The molecule has 3 amide bonds. The molecule has 1 rings (SSSR count).